The number of aryl methyl sites for hydroxylation is 1. The molecule has 0 bridgehead atoms. The molecule has 1 aromatic rings. The second kappa shape index (κ2) is 10.2. The van der Waals surface area contributed by atoms with E-state index in [4.69, 9.17) is 5.73 Å². The van der Waals surface area contributed by atoms with Crippen molar-refractivity contribution in [1.29, 1.82) is 0 Å². The topological polar surface area (TPSA) is 52.3 Å². The normalized spacial score (nSPS) is 8.41. The lowest BCUT2D eigenvalue weighted by Crippen LogP contribution is -1.99. The van der Waals surface area contributed by atoms with Crippen molar-refractivity contribution in [2.75, 3.05) is 20.0 Å². The molecular weight excluding hydrogens is 289 g/mol. The van der Waals surface area contributed by atoms with Crippen LogP contribution in [-0.2, 0) is 4.74 Å². The van der Waals surface area contributed by atoms with E-state index in [1.54, 1.807) is 21.1 Å². The fraction of sp³-hybridized carbons (Fsp3) is 0.417. The zero-order valence-electron chi connectivity index (χ0n) is 10.8. The zero-order valence-corrected chi connectivity index (χ0v) is 12.4. The number of methoxy groups -OCH3 is 1. The van der Waals surface area contributed by atoms with E-state index < -0.39 is 5.82 Å². The molecule has 5 heteroatoms. The van der Waals surface area contributed by atoms with Gasteiger partial charge < -0.3 is 10.5 Å². The molecule has 0 aromatic heterocycles. The number of anilines is 1. The minimum Gasteiger partial charge on any atom is -0.396 e. The first-order chi connectivity index (χ1) is 7.99. The van der Waals surface area contributed by atoms with Gasteiger partial charge in [0.2, 0.25) is 0 Å². The number of hydrogen-bond acceptors (Lipinski definition) is 3. The predicted molar refractivity (Wildman–Crippen MR) is 72.9 cm³/mol. The van der Waals surface area contributed by atoms with Crippen molar-refractivity contribution in [2.24, 2.45) is 0 Å². The molecule has 98 valence electrons. The summed E-state index contributed by atoms with van der Waals surface area (Å²) in [6.07, 6.45) is 0.540. The lowest BCUT2D eigenvalue weighted by atomic mass is 10.1. The molecule has 3 nitrogen and oxygen atoms in total. The van der Waals surface area contributed by atoms with Gasteiger partial charge in [0, 0.05) is 19.8 Å². The monoisotopic (exact) mass is 307 g/mol. The summed E-state index contributed by atoms with van der Waals surface area (Å²) in [5, 5.41) is 0. The Morgan fingerprint density at radius 1 is 1.41 bits per heavy atom. The maximum atomic E-state index is 13.1. The molecule has 0 radical (unpaired) electrons. The Hall–Kier alpha value is -0.940. The zero-order chi connectivity index (χ0) is 14.0. The lowest BCUT2D eigenvalue weighted by Gasteiger charge is -2.05. The van der Waals surface area contributed by atoms with Gasteiger partial charge in [-0.15, -0.1) is 0 Å². The minimum atomic E-state index is -0.572. The third-order valence-corrected chi connectivity index (χ3v) is 2.56. The van der Waals surface area contributed by atoms with Crippen LogP contribution in [0.5, 0.6) is 0 Å². The van der Waals surface area contributed by atoms with Crippen molar-refractivity contribution in [3.8, 4) is 0 Å². The molecule has 17 heavy (non-hydrogen) atoms. The highest BCUT2D eigenvalue weighted by molar-refractivity contribution is 9.10. The lowest BCUT2D eigenvalue weighted by molar-refractivity contribution is 0.112. The van der Waals surface area contributed by atoms with Gasteiger partial charge in [-0.2, -0.15) is 0 Å². The van der Waals surface area contributed by atoms with Crippen LogP contribution in [-0.4, -0.2) is 20.5 Å². The average molecular weight is 308 g/mol. The first-order valence-electron chi connectivity index (χ1n) is 5.08. The number of carbonyl (C=O) groups is 1. The first kappa shape index (κ1) is 18.4. The average Bonchev–Trinajstić information content (AvgIpc) is 2.34. The van der Waals surface area contributed by atoms with Crippen molar-refractivity contribution < 1.29 is 13.9 Å². The minimum absolute atomic E-state index is 0.109. The van der Waals surface area contributed by atoms with Crippen molar-refractivity contribution in [3.63, 3.8) is 0 Å². The summed E-state index contributed by atoms with van der Waals surface area (Å²) in [7, 11) is 3.25. The van der Waals surface area contributed by atoms with Gasteiger partial charge in [0.1, 0.15) is 0 Å². The van der Waals surface area contributed by atoms with Crippen LogP contribution >= 0.6 is 15.9 Å². The Morgan fingerprint density at radius 3 is 2.18 bits per heavy atom. The predicted octanol–water partition coefficient (Wildman–Crippen LogP) is 3.58. The third kappa shape index (κ3) is 5.79. The van der Waals surface area contributed by atoms with E-state index in [-0.39, 0.29) is 11.3 Å². The van der Waals surface area contributed by atoms with Gasteiger partial charge in [0.25, 0.3) is 0 Å². The van der Waals surface area contributed by atoms with Crippen LogP contribution in [0.15, 0.2) is 10.5 Å². The number of halogens is 2. The Balaban J connectivity index is 0. The molecular formula is C12H19BrFNO2. The van der Waals surface area contributed by atoms with Gasteiger partial charge >= 0.3 is 0 Å². The standard InChI is InChI=1S/C8H7BrFNO.C2H6O.C2H6/c1-4-2-5(3-12)8(11)7(10)6(4)9;1-3-2;1-2/h2-3H,11H2,1H3;1-2H3;1-2H3. The van der Waals surface area contributed by atoms with Gasteiger partial charge in [-0.3, -0.25) is 4.79 Å². The fourth-order valence-electron chi connectivity index (χ4n) is 0.890. The van der Waals surface area contributed by atoms with Crippen LogP contribution in [0.25, 0.3) is 0 Å². The number of hydrogen-bond donors (Lipinski definition) is 1. The largest absolute Gasteiger partial charge is 0.396 e. The van der Waals surface area contributed by atoms with E-state index in [0.717, 1.165) is 0 Å². The van der Waals surface area contributed by atoms with E-state index in [9.17, 15) is 9.18 Å². The molecule has 2 N–H and O–H groups in total. The molecule has 0 heterocycles. The molecule has 0 atom stereocenters. The SMILES string of the molecule is CC.COC.Cc1cc(C=O)c(N)c(F)c1Br. The molecule has 0 aliphatic carbocycles. The van der Waals surface area contributed by atoms with Crippen molar-refractivity contribution in [2.45, 2.75) is 20.8 Å². The first-order valence-corrected chi connectivity index (χ1v) is 5.88. The van der Waals surface area contributed by atoms with Gasteiger partial charge in [0.05, 0.1) is 10.2 Å². The summed E-state index contributed by atoms with van der Waals surface area (Å²) in [5.74, 6) is -0.572. The molecule has 0 unspecified atom stereocenters. The highest BCUT2D eigenvalue weighted by atomic mass is 79.9. The number of ether oxygens (including phenoxy) is 1. The number of nitrogen functional groups attached to an aromatic ring is 1. The van der Waals surface area contributed by atoms with E-state index in [0.29, 0.717) is 16.3 Å². The van der Waals surface area contributed by atoms with E-state index in [1.807, 2.05) is 13.8 Å². The van der Waals surface area contributed by atoms with Crippen LogP contribution in [0.3, 0.4) is 0 Å². The molecule has 0 fully saturated rings. The van der Waals surface area contributed by atoms with Crippen molar-refractivity contribution >= 4 is 27.9 Å². The Kier molecular flexibility index (Phi) is 11.1. The smallest absolute Gasteiger partial charge is 0.161 e. The molecule has 0 spiro atoms. The molecule has 0 amide bonds. The van der Waals surface area contributed by atoms with Gasteiger partial charge in [0.15, 0.2) is 12.1 Å². The Morgan fingerprint density at radius 2 is 1.82 bits per heavy atom. The number of aldehydes is 1. The number of rotatable bonds is 1. The molecule has 0 saturated carbocycles. The maximum Gasteiger partial charge on any atom is 0.161 e. The summed E-state index contributed by atoms with van der Waals surface area (Å²) in [6.45, 7) is 5.69. The van der Waals surface area contributed by atoms with E-state index in [2.05, 4.69) is 20.7 Å². The van der Waals surface area contributed by atoms with Crippen molar-refractivity contribution in [3.05, 3.63) is 27.5 Å². The quantitative estimate of drug-likeness (QED) is 0.637. The van der Waals surface area contributed by atoms with Crippen LogP contribution in [0, 0.1) is 12.7 Å². The van der Waals surface area contributed by atoms with Crippen molar-refractivity contribution in [1.82, 2.24) is 0 Å². The maximum absolute atomic E-state index is 13.1. The second-order valence-corrected chi connectivity index (χ2v) is 3.64. The van der Waals surface area contributed by atoms with Crippen LogP contribution in [0.1, 0.15) is 29.8 Å². The van der Waals surface area contributed by atoms with E-state index >= 15 is 0 Å². The molecule has 0 saturated heterocycles. The second-order valence-electron chi connectivity index (χ2n) is 2.85. The molecule has 0 aliphatic rings. The summed E-state index contributed by atoms with van der Waals surface area (Å²) in [6, 6.07) is 1.54. The van der Waals surface area contributed by atoms with Gasteiger partial charge in [-0.25, -0.2) is 4.39 Å². The van der Waals surface area contributed by atoms with Gasteiger partial charge in [-0.05, 0) is 34.5 Å². The highest BCUT2D eigenvalue weighted by Gasteiger charge is 2.10. The molecule has 0 aliphatic heterocycles. The summed E-state index contributed by atoms with van der Waals surface area (Å²) < 4.78 is 17.7. The summed E-state index contributed by atoms with van der Waals surface area (Å²) in [4.78, 5) is 10.4. The molecule has 1 rings (SSSR count). The molecule has 1 aromatic carbocycles. The summed E-state index contributed by atoms with van der Waals surface area (Å²) >= 11 is 3.02. The summed E-state index contributed by atoms with van der Waals surface area (Å²) in [5.41, 5.74) is 6.06. The Bertz CT molecular complexity index is 357. The highest BCUT2D eigenvalue weighted by Crippen LogP contribution is 2.27. The van der Waals surface area contributed by atoms with E-state index in [1.165, 1.54) is 6.07 Å². The number of nitrogens with two attached hydrogens (primary N) is 1. The Labute approximate surface area is 110 Å². The fourth-order valence-corrected chi connectivity index (χ4v) is 1.22. The third-order valence-electron chi connectivity index (χ3n) is 1.59. The number of benzene rings is 1. The van der Waals surface area contributed by atoms with Crippen LogP contribution < -0.4 is 5.73 Å². The number of carbonyl (C=O) groups excluding carboxylic acids is 1. The van der Waals surface area contributed by atoms with Crippen LogP contribution in [0.2, 0.25) is 0 Å². The van der Waals surface area contributed by atoms with Gasteiger partial charge in [-0.1, -0.05) is 13.8 Å². The van der Waals surface area contributed by atoms with Crippen LogP contribution in [0.4, 0.5) is 10.1 Å².